The molecule has 3 nitrogen and oxygen atoms in total. The van der Waals surface area contributed by atoms with Gasteiger partial charge in [-0.2, -0.15) is 0 Å². The van der Waals surface area contributed by atoms with Crippen LogP contribution >= 0.6 is 11.8 Å². The predicted octanol–water partition coefficient (Wildman–Crippen LogP) is 2.32. The zero-order valence-electron chi connectivity index (χ0n) is 11.5. The Labute approximate surface area is 116 Å². The van der Waals surface area contributed by atoms with Gasteiger partial charge in [0.05, 0.1) is 6.10 Å². The molecule has 2 saturated heterocycles. The molecule has 0 radical (unpaired) electrons. The number of thioether (sulfide) groups is 1. The molecular formula is C14H28N2OS. The van der Waals surface area contributed by atoms with Crippen molar-refractivity contribution in [2.24, 2.45) is 0 Å². The van der Waals surface area contributed by atoms with Crippen LogP contribution in [0.3, 0.4) is 0 Å². The Hall–Kier alpha value is 0.230. The van der Waals surface area contributed by atoms with Gasteiger partial charge in [-0.05, 0) is 45.3 Å². The van der Waals surface area contributed by atoms with Gasteiger partial charge >= 0.3 is 0 Å². The number of hydrogen-bond acceptors (Lipinski definition) is 4. The molecule has 106 valence electrons. The first kappa shape index (κ1) is 14.6. The molecule has 0 aromatic heterocycles. The summed E-state index contributed by atoms with van der Waals surface area (Å²) in [7, 11) is 0. The van der Waals surface area contributed by atoms with Crippen LogP contribution in [0.25, 0.3) is 0 Å². The molecule has 1 N–H and O–H groups in total. The lowest BCUT2D eigenvalue weighted by atomic mass is 10.1. The highest BCUT2D eigenvalue weighted by atomic mass is 32.2. The van der Waals surface area contributed by atoms with Gasteiger partial charge in [-0.15, -0.1) is 11.8 Å². The summed E-state index contributed by atoms with van der Waals surface area (Å²) in [5, 5.41) is 3.37. The normalized spacial score (nSPS) is 22.7. The highest BCUT2D eigenvalue weighted by Crippen LogP contribution is 2.14. The third kappa shape index (κ3) is 5.91. The van der Waals surface area contributed by atoms with Crippen molar-refractivity contribution in [2.75, 3.05) is 44.4 Å². The van der Waals surface area contributed by atoms with E-state index >= 15 is 0 Å². The topological polar surface area (TPSA) is 24.5 Å². The monoisotopic (exact) mass is 272 g/mol. The molecule has 0 saturated carbocycles. The van der Waals surface area contributed by atoms with Crippen molar-refractivity contribution in [1.29, 1.82) is 0 Å². The molecule has 0 amide bonds. The maximum atomic E-state index is 5.91. The Kier molecular flexibility index (Phi) is 7.47. The van der Waals surface area contributed by atoms with Crippen molar-refractivity contribution in [1.82, 2.24) is 10.2 Å². The van der Waals surface area contributed by atoms with E-state index in [-0.39, 0.29) is 0 Å². The summed E-state index contributed by atoms with van der Waals surface area (Å²) in [6.07, 6.45) is 8.27. The molecule has 2 heterocycles. The molecule has 0 unspecified atom stereocenters. The zero-order valence-corrected chi connectivity index (χ0v) is 12.3. The van der Waals surface area contributed by atoms with Crippen LogP contribution in [-0.2, 0) is 4.74 Å². The standard InChI is InChI=1S/C14H28N2OS/c1(3-9-16-10-12-18-13-16)2-4-11-17-14-5-7-15-8-6-14/h14-15H,1-13H2. The maximum absolute atomic E-state index is 5.91. The van der Waals surface area contributed by atoms with Crippen LogP contribution in [0.15, 0.2) is 0 Å². The highest BCUT2D eigenvalue weighted by molar-refractivity contribution is 7.99. The third-order valence-corrected chi connectivity index (χ3v) is 4.85. The van der Waals surface area contributed by atoms with E-state index in [1.54, 1.807) is 0 Å². The van der Waals surface area contributed by atoms with E-state index < -0.39 is 0 Å². The molecule has 0 aliphatic carbocycles. The van der Waals surface area contributed by atoms with Gasteiger partial charge in [-0.1, -0.05) is 12.8 Å². The molecule has 0 aromatic carbocycles. The molecule has 2 aliphatic heterocycles. The van der Waals surface area contributed by atoms with Gasteiger partial charge in [-0.25, -0.2) is 0 Å². The average Bonchev–Trinajstić information content (AvgIpc) is 2.92. The van der Waals surface area contributed by atoms with Crippen molar-refractivity contribution < 1.29 is 4.74 Å². The summed E-state index contributed by atoms with van der Waals surface area (Å²) >= 11 is 2.07. The number of nitrogens with zero attached hydrogens (tertiary/aromatic N) is 1. The molecule has 0 spiro atoms. The third-order valence-electron chi connectivity index (χ3n) is 3.83. The number of ether oxygens (including phenoxy) is 1. The van der Waals surface area contributed by atoms with E-state index in [0.29, 0.717) is 6.10 Å². The molecule has 0 atom stereocenters. The first-order valence-electron chi connectivity index (χ1n) is 7.57. The van der Waals surface area contributed by atoms with Crippen LogP contribution in [0, 0.1) is 0 Å². The molecule has 18 heavy (non-hydrogen) atoms. The Morgan fingerprint density at radius 2 is 1.94 bits per heavy atom. The Balaban J connectivity index is 1.35. The molecule has 0 bridgehead atoms. The van der Waals surface area contributed by atoms with Crippen molar-refractivity contribution in [3.05, 3.63) is 0 Å². The maximum Gasteiger partial charge on any atom is 0.0599 e. The fourth-order valence-corrected chi connectivity index (χ4v) is 3.66. The number of piperidine rings is 1. The van der Waals surface area contributed by atoms with Gasteiger partial charge in [0.1, 0.15) is 0 Å². The highest BCUT2D eigenvalue weighted by Gasteiger charge is 2.12. The quantitative estimate of drug-likeness (QED) is 0.685. The van der Waals surface area contributed by atoms with Gasteiger partial charge < -0.3 is 10.1 Å². The molecule has 0 aromatic rings. The van der Waals surface area contributed by atoms with Gasteiger partial charge in [0, 0.05) is 24.8 Å². The average molecular weight is 272 g/mol. The summed E-state index contributed by atoms with van der Waals surface area (Å²) in [5.74, 6) is 2.60. The van der Waals surface area contributed by atoms with Crippen LogP contribution in [-0.4, -0.2) is 55.4 Å². The first-order chi connectivity index (χ1) is 8.95. The van der Waals surface area contributed by atoms with Crippen molar-refractivity contribution in [3.8, 4) is 0 Å². The lowest BCUT2D eigenvalue weighted by Crippen LogP contribution is -2.32. The Morgan fingerprint density at radius 1 is 1.11 bits per heavy atom. The van der Waals surface area contributed by atoms with Crippen molar-refractivity contribution >= 4 is 11.8 Å². The van der Waals surface area contributed by atoms with Gasteiger partial charge in [0.15, 0.2) is 0 Å². The number of nitrogens with one attached hydrogen (secondary N) is 1. The molecule has 2 fully saturated rings. The minimum absolute atomic E-state index is 0.535. The van der Waals surface area contributed by atoms with Crippen LogP contribution < -0.4 is 5.32 Å². The summed E-state index contributed by atoms with van der Waals surface area (Å²) in [6.45, 7) is 5.87. The lowest BCUT2D eigenvalue weighted by molar-refractivity contribution is 0.0307. The fraction of sp³-hybridized carbons (Fsp3) is 1.00. The number of unbranched alkanes of at least 4 members (excludes halogenated alkanes) is 3. The van der Waals surface area contributed by atoms with Crippen molar-refractivity contribution in [3.63, 3.8) is 0 Å². The second-order valence-electron chi connectivity index (χ2n) is 5.39. The van der Waals surface area contributed by atoms with Gasteiger partial charge in [0.2, 0.25) is 0 Å². The van der Waals surface area contributed by atoms with Gasteiger partial charge in [0.25, 0.3) is 0 Å². The Bertz CT molecular complexity index is 204. The van der Waals surface area contributed by atoms with E-state index in [1.165, 1.54) is 63.2 Å². The summed E-state index contributed by atoms with van der Waals surface area (Å²) in [4.78, 5) is 2.58. The van der Waals surface area contributed by atoms with Crippen LogP contribution in [0.4, 0.5) is 0 Å². The van der Waals surface area contributed by atoms with Crippen LogP contribution in [0.2, 0.25) is 0 Å². The summed E-state index contributed by atoms with van der Waals surface area (Å²) < 4.78 is 5.91. The van der Waals surface area contributed by atoms with Gasteiger partial charge in [-0.3, -0.25) is 4.90 Å². The molecule has 4 heteroatoms. The number of rotatable bonds is 8. The van der Waals surface area contributed by atoms with E-state index in [1.807, 2.05) is 0 Å². The minimum Gasteiger partial charge on any atom is -0.378 e. The second-order valence-corrected chi connectivity index (χ2v) is 6.46. The second kappa shape index (κ2) is 9.18. The van der Waals surface area contributed by atoms with E-state index in [0.717, 1.165) is 19.7 Å². The fourth-order valence-electron chi connectivity index (χ4n) is 2.63. The molecular weight excluding hydrogens is 244 g/mol. The number of hydrogen-bond donors (Lipinski definition) is 1. The van der Waals surface area contributed by atoms with E-state index in [9.17, 15) is 0 Å². The molecule has 2 aliphatic rings. The van der Waals surface area contributed by atoms with Crippen LogP contribution in [0.1, 0.15) is 38.5 Å². The minimum atomic E-state index is 0.535. The molecule has 2 rings (SSSR count). The largest absolute Gasteiger partial charge is 0.378 e. The SMILES string of the molecule is C(CCCN1CCSC1)CCOC1CCNCC1. The van der Waals surface area contributed by atoms with E-state index in [4.69, 9.17) is 4.74 Å². The van der Waals surface area contributed by atoms with Crippen molar-refractivity contribution in [2.45, 2.75) is 44.6 Å². The lowest BCUT2D eigenvalue weighted by Gasteiger charge is -2.22. The Morgan fingerprint density at radius 3 is 2.72 bits per heavy atom. The summed E-state index contributed by atoms with van der Waals surface area (Å²) in [6, 6.07) is 0. The smallest absolute Gasteiger partial charge is 0.0599 e. The predicted molar refractivity (Wildman–Crippen MR) is 79.2 cm³/mol. The first-order valence-corrected chi connectivity index (χ1v) is 8.73. The van der Waals surface area contributed by atoms with Crippen LogP contribution in [0.5, 0.6) is 0 Å². The zero-order chi connectivity index (χ0) is 12.5. The summed E-state index contributed by atoms with van der Waals surface area (Å²) in [5.41, 5.74) is 0. The van der Waals surface area contributed by atoms with E-state index in [2.05, 4.69) is 22.0 Å².